The zero-order valence-electron chi connectivity index (χ0n) is 15.6. The summed E-state index contributed by atoms with van der Waals surface area (Å²) in [5.41, 5.74) is -0.152. The molecule has 6 heteroatoms. The first-order chi connectivity index (χ1) is 11.2. The van der Waals surface area contributed by atoms with Crippen LogP contribution in [0, 0.1) is 5.92 Å². The monoisotopic (exact) mass is 453 g/mol. The van der Waals surface area contributed by atoms with Gasteiger partial charge in [-0.3, -0.25) is 4.99 Å². The van der Waals surface area contributed by atoms with Gasteiger partial charge in [0, 0.05) is 45.8 Å². The van der Waals surface area contributed by atoms with Crippen LogP contribution in [0.3, 0.4) is 0 Å². The van der Waals surface area contributed by atoms with E-state index in [1.54, 1.807) is 7.11 Å². The quantitative estimate of drug-likeness (QED) is 0.368. The van der Waals surface area contributed by atoms with Crippen LogP contribution in [0.4, 0.5) is 0 Å². The van der Waals surface area contributed by atoms with Crippen LogP contribution in [0.15, 0.2) is 4.99 Å². The maximum Gasteiger partial charge on any atom is 0.191 e. The Morgan fingerprint density at radius 1 is 1.17 bits per heavy atom. The zero-order valence-corrected chi connectivity index (χ0v) is 17.9. The van der Waals surface area contributed by atoms with E-state index < -0.39 is 0 Å². The van der Waals surface area contributed by atoms with Gasteiger partial charge in [0.1, 0.15) is 0 Å². The number of hydrogen-bond acceptors (Lipinski definition) is 3. The fourth-order valence-corrected chi connectivity index (χ4v) is 3.62. The Kier molecular flexibility index (Phi) is 10.5. The molecule has 0 aromatic carbocycles. The van der Waals surface area contributed by atoms with Gasteiger partial charge in [-0.05, 0) is 38.5 Å². The van der Waals surface area contributed by atoms with Gasteiger partial charge in [-0.1, -0.05) is 13.3 Å². The molecule has 1 aliphatic carbocycles. The highest BCUT2D eigenvalue weighted by Gasteiger charge is 2.32. The third-order valence-corrected chi connectivity index (χ3v) is 5.47. The van der Waals surface area contributed by atoms with Crippen molar-refractivity contribution in [2.45, 2.75) is 70.4 Å². The molecule has 2 rings (SSSR count). The maximum absolute atomic E-state index is 5.78. The van der Waals surface area contributed by atoms with Crippen LogP contribution in [0.1, 0.15) is 58.8 Å². The molecule has 142 valence electrons. The number of nitrogens with zero attached hydrogens (tertiary/aromatic N) is 1. The third-order valence-electron chi connectivity index (χ3n) is 5.47. The van der Waals surface area contributed by atoms with Crippen LogP contribution in [-0.2, 0) is 9.47 Å². The van der Waals surface area contributed by atoms with Crippen LogP contribution in [-0.4, -0.2) is 51.0 Å². The van der Waals surface area contributed by atoms with E-state index in [-0.39, 0.29) is 29.6 Å². The van der Waals surface area contributed by atoms with Crippen molar-refractivity contribution in [3.05, 3.63) is 0 Å². The summed E-state index contributed by atoms with van der Waals surface area (Å²) in [6.45, 7) is 7.56. The molecule has 1 heterocycles. The average Bonchev–Trinajstić information content (AvgIpc) is 2.61. The van der Waals surface area contributed by atoms with Gasteiger partial charge in [0.2, 0.25) is 0 Å². The fourth-order valence-electron chi connectivity index (χ4n) is 3.62. The average molecular weight is 453 g/mol. The summed E-state index contributed by atoms with van der Waals surface area (Å²) in [7, 11) is 1.80. The Labute approximate surface area is 164 Å². The Morgan fingerprint density at radius 2 is 1.83 bits per heavy atom. The van der Waals surface area contributed by atoms with Gasteiger partial charge in [-0.2, -0.15) is 0 Å². The zero-order chi connectivity index (χ0) is 16.5. The SMILES string of the molecule is CCNC(=NCC1(OC)CCOCC1)NC1CCC(CC)CC1.I. The Balaban J connectivity index is 0.00000288. The van der Waals surface area contributed by atoms with Crippen molar-refractivity contribution >= 4 is 29.9 Å². The minimum Gasteiger partial charge on any atom is -0.381 e. The fraction of sp³-hybridized carbons (Fsp3) is 0.944. The number of halogens is 1. The smallest absolute Gasteiger partial charge is 0.191 e. The molecule has 2 N–H and O–H groups in total. The predicted octanol–water partition coefficient (Wildman–Crippen LogP) is 3.32. The lowest BCUT2D eigenvalue weighted by Crippen LogP contribution is -2.47. The molecular formula is C18H36IN3O2. The normalized spacial score (nSPS) is 27.2. The van der Waals surface area contributed by atoms with Crippen LogP contribution >= 0.6 is 24.0 Å². The summed E-state index contributed by atoms with van der Waals surface area (Å²) in [4.78, 5) is 4.83. The largest absolute Gasteiger partial charge is 0.381 e. The first-order valence-corrected chi connectivity index (χ1v) is 9.39. The molecule has 24 heavy (non-hydrogen) atoms. The molecule has 1 saturated heterocycles. The molecule has 0 bridgehead atoms. The highest BCUT2D eigenvalue weighted by Crippen LogP contribution is 2.27. The van der Waals surface area contributed by atoms with Gasteiger partial charge in [-0.25, -0.2) is 0 Å². The van der Waals surface area contributed by atoms with Crippen LogP contribution in [0.2, 0.25) is 0 Å². The van der Waals surface area contributed by atoms with E-state index in [1.165, 1.54) is 32.1 Å². The van der Waals surface area contributed by atoms with E-state index in [0.29, 0.717) is 12.6 Å². The second kappa shape index (κ2) is 11.5. The lowest BCUT2D eigenvalue weighted by atomic mass is 9.84. The molecule has 5 nitrogen and oxygen atoms in total. The summed E-state index contributed by atoms with van der Waals surface area (Å²) in [5.74, 6) is 1.86. The van der Waals surface area contributed by atoms with Crippen molar-refractivity contribution in [2.75, 3.05) is 33.4 Å². The van der Waals surface area contributed by atoms with E-state index >= 15 is 0 Å². The predicted molar refractivity (Wildman–Crippen MR) is 110 cm³/mol. The first-order valence-electron chi connectivity index (χ1n) is 9.39. The molecule has 0 unspecified atom stereocenters. The molecule has 0 spiro atoms. The van der Waals surface area contributed by atoms with Crippen molar-refractivity contribution in [1.82, 2.24) is 10.6 Å². The molecule has 2 fully saturated rings. The van der Waals surface area contributed by atoms with Gasteiger partial charge in [-0.15, -0.1) is 24.0 Å². The van der Waals surface area contributed by atoms with Crippen molar-refractivity contribution in [3.63, 3.8) is 0 Å². The molecule has 0 aromatic rings. The minimum atomic E-state index is -0.152. The van der Waals surface area contributed by atoms with E-state index in [0.717, 1.165) is 44.5 Å². The summed E-state index contributed by atoms with van der Waals surface area (Å²) in [5, 5.41) is 7.02. The second-order valence-electron chi connectivity index (χ2n) is 6.96. The molecule has 0 radical (unpaired) electrons. The molecule has 0 atom stereocenters. The molecular weight excluding hydrogens is 417 g/mol. The highest BCUT2D eigenvalue weighted by molar-refractivity contribution is 14.0. The molecule has 1 aliphatic heterocycles. The Hall–Kier alpha value is -0.0800. The molecule has 2 aliphatic rings. The van der Waals surface area contributed by atoms with Crippen molar-refractivity contribution in [3.8, 4) is 0 Å². The number of guanidine groups is 1. The summed E-state index contributed by atoms with van der Waals surface area (Å²) >= 11 is 0. The van der Waals surface area contributed by atoms with Crippen LogP contribution in [0.25, 0.3) is 0 Å². The van der Waals surface area contributed by atoms with E-state index in [9.17, 15) is 0 Å². The molecule has 0 amide bonds. The number of aliphatic imine (C=N–C) groups is 1. The molecule has 1 saturated carbocycles. The topological polar surface area (TPSA) is 54.9 Å². The Bertz CT molecular complexity index is 365. The van der Waals surface area contributed by atoms with E-state index in [1.807, 2.05) is 0 Å². The number of hydrogen-bond donors (Lipinski definition) is 2. The number of methoxy groups -OCH3 is 1. The number of rotatable bonds is 6. The van der Waals surface area contributed by atoms with Crippen molar-refractivity contribution in [2.24, 2.45) is 10.9 Å². The standard InChI is InChI=1S/C18H35N3O2.HI/c1-4-15-6-8-16(9-7-15)21-17(19-5-2)20-14-18(22-3)10-12-23-13-11-18;/h15-16H,4-14H2,1-3H3,(H2,19,20,21);1H. The van der Waals surface area contributed by atoms with E-state index in [2.05, 4.69) is 24.5 Å². The third kappa shape index (κ3) is 6.67. The van der Waals surface area contributed by atoms with Gasteiger partial charge in [0.25, 0.3) is 0 Å². The summed E-state index contributed by atoms with van der Waals surface area (Å²) < 4.78 is 11.2. The minimum absolute atomic E-state index is 0. The Morgan fingerprint density at radius 3 is 2.38 bits per heavy atom. The van der Waals surface area contributed by atoms with E-state index in [4.69, 9.17) is 14.5 Å². The molecule has 0 aromatic heterocycles. The maximum atomic E-state index is 5.78. The van der Waals surface area contributed by atoms with Gasteiger partial charge in [0.15, 0.2) is 5.96 Å². The lowest BCUT2D eigenvalue weighted by Gasteiger charge is -2.35. The van der Waals surface area contributed by atoms with Crippen LogP contribution < -0.4 is 10.6 Å². The van der Waals surface area contributed by atoms with Gasteiger partial charge in [0.05, 0.1) is 12.1 Å². The van der Waals surface area contributed by atoms with Crippen molar-refractivity contribution in [1.29, 1.82) is 0 Å². The second-order valence-corrected chi connectivity index (χ2v) is 6.96. The van der Waals surface area contributed by atoms with Crippen LogP contribution in [0.5, 0.6) is 0 Å². The summed E-state index contributed by atoms with van der Waals surface area (Å²) in [6.07, 6.45) is 8.36. The highest BCUT2D eigenvalue weighted by atomic mass is 127. The number of nitrogens with one attached hydrogen (secondary N) is 2. The van der Waals surface area contributed by atoms with Gasteiger partial charge >= 0.3 is 0 Å². The van der Waals surface area contributed by atoms with Crippen molar-refractivity contribution < 1.29 is 9.47 Å². The number of ether oxygens (including phenoxy) is 2. The van der Waals surface area contributed by atoms with Gasteiger partial charge < -0.3 is 20.1 Å². The lowest BCUT2D eigenvalue weighted by molar-refractivity contribution is -0.0828. The summed E-state index contributed by atoms with van der Waals surface area (Å²) in [6, 6.07) is 0.559. The first kappa shape index (κ1) is 22.0.